The summed E-state index contributed by atoms with van der Waals surface area (Å²) in [6.07, 6.45) is 4.14. The number of rotatable bonds is 5. The molecule has 100 valence electrons. The zero-order chi connectivity index (χ0) is 13.0. The number of aryl methyl sites for hydroxylation is 1. The standard InChI is InChI=1S/C14H21NO2S/c1-10-6-7-12(18-10)9-15-8-11-4-2-3-5-13(11)14(16)17/h6-7,11,13,15H,2-5,8-9H2,1H3,(H,16,17). The molecule has 2 rings (SSSR count). The first-order valence-corrected chi connectivity index (χ1v) is 7.47. The fourth-order valence-electron chi connectivity index (χ4n) is 2.74. The van der Waals surface area contributed by atoms with Crippen LogP contribution in [0.4, 0.5) is 0 Å². The fourth-order valence-corrected chi connectivity index (χ4v) is 3.60. The Bertz CT molecular complexity index is 402. The highest BCUT2D eigenvalue weighted by Gasteiger charge is 2.30. The van der Waals surface area contributed by atoms with Crippen LogP contribution in [0.2, 0.25) is 0 Å². The summed E-state index contributed by atoms with van der Waals surface area (Å²) < 4.78 is 0. The van der Waals surface area contributed by atoms with E-state index in [1.807, 2.05) is 0 Å². The lowest BCUT2D eigenvalue weighted by Crippen LogP contribution is -2.34. The van der Waals surface area contributed by atoms with Crippen LogP contribution in [0.25, 0.3) is 0 Å². The Hall–Kier alpha value is -0.870. The van der Waals surface area contributed by atoms with E-state index < -0.39 is 5.97 Å². The van der Waals surface area contributed by atoms with Gasteiger partial charge < -0.3 is 10.4 Å². The maximum absolute atomic E-state index is 11.2. The molecule has 0 amide bonds. The van der Waals surface area contributed by atoms with E-state index in [4.69, 9.17) is 0 Å². The van der Waals surface area contributed by atoms with Gasteiger partial charge in [0, 0.05) is 16.3 Å². The van der Waals surface area contributed by atoms with E-state index in [9.17, 15) is 9.90 Å². The number of nitrogens with one attached hydrogen (secondary N) is 1. The third-order valence-corrected chi connectivity index (χ3v) is 4.73. The molecule has 0 spiro atoms. The molecule has 0 aliphatic heterocycles. The molecule has 0 aromatic carbocycles. The van der Waals surface area contributed by atoms with Gasteiger partial charge in [0.25, 0.3) is 0 Å². The van der Waals surface area contributed by atoms with Crippen molar-refractivity contribution in [2.45, 2.75) is 39.2 Å². The van der Waals surface area contributed by atoms with Crippen LogP contribution >= 0.6 is 11.3 Å². The molecule has 0 radical (unpaired) electrons. The first-order chi connectivity index (χ1) is 8.66. The predicted octanol–water partition coefficient (Wildman–Crippen LogP) is 3.04. The molecule has 4 heteroatoms. The van der Waals surface area contributed by atoms with Gasteiger partial charge >= 0.3 is 5.97 Å². The van der Waals surface area contributed by atoms with Crippen molar-refractivity contribution in [1.82, 2.24) is 5.32 Å². The molecule has 2 N–H and O–H groups in total. The van der Waals surface area contributed by atoms with Crippen molar-refractivity contribution in [3.05, 3.63) is 21.9 Å². The molecule has 1 aromatic heterocycles. The number of carboxylic acid groups (broad SMARTS) is 1. The SMILES string of the molecule is Cc1ccc(CNCC2CCCCC2C(=O)O)s1. The van der Waals surface area contributed by atoms with E-state index in [2.05, 4.69) is 24.4 Å². The van der Waals surface area contributed by atoms with Crippen LogP contribution in [0.15, 0.2) is 12.1 Å². The lowest BCUT2D eigenvalue weighted by atomic mass is 9.79. The number of aliphatic carboxylic acids is 1. The van der Waals surface area contributed by atoms with Gasteiger partial charge in [-0.05, 0) is 44.4 Å². The van der Waals surface area contributed by atoms with E-state index in [1.54, 1.807) is 11.3 Å². The summed E-state index contributed by atoms with van der Waals surface area (Å²) in [5.74, 6) is -0.456. The van der Waals surface area contributed by atoms with Crippen LogP contribution in [0, 0.1) is 18.8 Å². The monoisotopic (exact) mass is 267 g/mol. The summed E-state index contributed by atoms with van der Waals surface area (Å²) in [7, 11) is 0. The average molecular weight is 267 g/mol. The Labute approximate surface area is 112 Å². The smallest absolute Gasteiger partial charge is 0.306 e. The van der Waals surface area contributed by atoms with Gasteiger partial charge in [-0.25, -0.2) is 0 Å². The zero-order valence-electron chi connectivity index (χ0n) is 10.8. The Kier molecular flexibility index (Phi) is 4.78. The van der Waals surface area contributed by atoms with Crippen LogP contribution < -0.4 is 5.32 Å². The molecule has 2 unspecified atom stereocenters. The highest BCUT2D eigenvalue weighted by molar-refractivity contribution is 7.11. The third kappa shape index (κ3) is 3.56. The highest BCUT2D eigenvalue weighted by Crippen LogP contribution is 2.29. The number of carbonyl (C=O) groups is 1. The second-order valence-electron chi connectivity index (χ2n) is 5.13. The predicted molar refractivity (Wildman–Crippen MR) is 73.8 cm³/mol. The molecule has 0 saturated heterocycles. The molecule has 1 aromatic rings. The summed E-state index contributed by atoms with van der Waals surface area (Å²) in [4.78, 5) is 13.8. The second kappa shape index (κ2) is 6.34. The van der Waals surface area contributed by atoms with Gasteiger partial charge in [0.2, 0.25) is 0 Å². The first-order valence-electron chi connectivity index (χ1n) is 6.65. The second-order valence-corrected chi connectivity index (χ2v) is 6.50. The lowest BCUT2D eigenvalue weighted by Gasteiger charge is -2.28. The number of hydrogen-bond acceptors (Lipinski definition) is 3. The molecule has 1 saturated carbocycles. The minimum atomic E-state index is -0.617. The molecule has 2 atom stereocenters. The first kappa shape index (κ1) is 13.6. The summed E-state index contributed by atoms with van der Waals surface area (Å²) in [5, 5.41) is 12.6. The topological polar surface area (TPSA) is 49.3 Å². The van der Waals surface area contributed by atoms with Crippen LogP contribution in [0.1, 0.15) is 35.4 Å². The quantitative estimate of drug-likeness (QED) is 0.862. The molecular weight excluding hydrogens is 246 g/mol. The largest absolute Gasteiger partial charge is 0.481 e. The van der Waals surface area contributed by atoms with E-state index in [0.29, 0.717) is 5.92 Å². The number of hydrogen-bond donors (Lipinski definition) is 2. The molecule has 1 fully saturated rings. The molecule has 18 heavy (non-hydrogen) atoms. The number of carboxylic acids is 1. The Morgan fingerprint density at radius 1 is 1.44 bits per heavy atom. The molecule has 1 aliphatic carbocycles. The Balaban J connectivity index is 1.79. The maximum Gasteiger partial charge on any atom is 0.306 e. The van der Waals surface area contributed by atoms with Crippen molar-refractivity contribution < 1.29 is 9.90 Å². The summed E-state index contributed by atoms with van der Waals surface area (Å²) >= 11 is 1.80. The van der Waals surface area contributed by atoms with Crippen LogP contribution in [-0.4, -0.2) is 17.6 Å². The van der Waals surface area contributed by atoms with Crippen molar-refractivity contribution in [2.75, 3.05) is 6.54 Å². The molecule has 0 bridgehead atoms. The normalized spacial score (nSPS) is 24.1. The van der Waals surface area contributed by atoms with Gasteiger partial charge in [-0.1, -0.05) is 12.8 Å². The van der Waals surface area contributed by atoms with E-state index >= 15 is 0 Å². The summed E-state index contributed by atoms with van der Waals surface area (Å²) in [6.45, 7) is 3.80. The molecule has 3 nitrogen and oxygen atoms in total. The summed E-state index contributed by atoms with van der Waals surface area (Å²) in [6, 6.07) is 4.27. The van der Waals surface area contributed by atoms with Crippen LogP contribution in [0.5, 0.6) is 0 Å². The van der Waals surface area contributed by atoms with Gasteiger partial charge in [-0.15, -0.1) is 11.3 Å². The minimum Gasteiger partial charge on any atom is -0.481 e. The Morgan fingerprint density at radius 3 is 2.89 bits per heavy atom. The van der Waals surface area contributed by atoms with Crippen molar-refractivity contribution in [3.63, 3.8) is 0 Å². The Morgan fingerprint density at radius 2 is 2.22 bits per heavy atom. The van der Waals surface area contributed by atoms with Crippen LogP contribution in [0.3, 0.4) is 0 Å². The zero-order valence-corrected chi connectivity index (χ0v) is 11.6. The fraction of sp³-hybridized carbons (Fsp3) is 0.643. The summed E-state index contributed by atoms with van der Waals surface area (Å²) in [5.41, 5.74) is 0. The van der Waals surface area contributed by atoms with Crippen molar-refractivity contribution >= 4 is 17.3 Å². The van der Waals surface area contributed by atoms with Gasteiger partial charge in [-0.3, -0.25) is 4.79 Å². The van der Waals surface area contributed by atoms with E-state index in [-0.39, 0.29) is 5.92 Å². The van der Waals surface area contributed by atoms with Crippen molar-refractivity contribution in [2.24, 2.45) is 11.8 Å². The van der Waals surface area contributed by atoms with Gasteiger partial charge in [-0.2, -0.15) is 0 Å². The third-order valence-electron chi connectivity index (χ3n) is 3.73. The van der Waals surface area contributed by atoms with E-state index in [0.717, 1.165) is 32.4 Å². The molecule has 1 aliphatic rings. The van der Waals surface area contributed by atoms with Crippen LogP contribution in [-0.2, 0) is 11.3 Å². The van der Waals surface area contributed by atoms with Gasteiger partial charge in [0.05, 0.1) is 5.92 Å². The minimum absolute atomic E-state index is 0.142. The van der Waals surface area contributed by atoms with E-state index in [1.165, 1.54) is 16.2 Å². The maximum atomic E-state index is 11.2. The van der Waals surface area contributed by atoms with Crippen molar-refractivity contribution in [1.29, 1.82) is 0 Å². The highest BCUT2D eigenvalue weighted by atomic mass is 32.1. The lowest BCUT2D eigenvalue weighted by molar-refractivity contribution is -0.144. The van der Waals surface area contributed by atoms with Gasteiger partial charge in [0.15, 0.2) is 0 Å². The average Bonchev–Trinajstić information content (AvgIpc) is 2.75. The molecule has 1 heterocycles. The number of thiophene rings is 1. The van der Waals surface area contributed by atoms with Crippen molar-refractivity contribution in [3.8, 4) is 0 Å². The molecular formula is C14H21NO2S. The van der Waals surface area contributed by atoms with Gasteiger partial charge in [0.1, 0.15) is 0 Å².